The van der Waals surface area contributed by atoms with Crippen LogP contribution < -0.4 is 9.86 Å². The van der Waals surface area contributed by atoms with Crippen LogP contribution in [-0.4, -0.2) is 13.7 Å². The van der Waals surface area contributed by atoms with Gasteiger partial charge in [-0.25, -0.2) is 5.14 Å². The summed E-state index contributed by atoms with van der Waals surface area (Å²) in [5.41, 5.74) is 0.123. The Kier molecular flexibility index (Phi) is 3.10. The number of nitrogens with two attached hydrogens (primary N) is 1. The van der Waals surface area contributed by atoms with Crippen molar-refractivity contribution in [2.45, 2.75) is 0 Å². The molecule has 7 heteroatoms. The summed E-state index contributed by atoms with van der Waals surface area (Å²) in [7, 11) is -3.89. The Bertz CT molecular complexity index is 458. The first kappa shape index (κ1) is 11.0. The third-order valence-electron chi connectivity index (χ3n) is 1.39. The van der Waals surface area contributed by atoms with Crippen LogP contribution in [0, 0.1) is 0 Å². The second-order valence-corrected chi connectivity index (χ2v) is 4.10. The van der Waals surface area contributed by atoms with E-state index < -0.39 is 15.5 Å². The molecule has 0 saturated carbocycles. The van der Waals surface area contributed by atoms with E-state index in [9.17, 15) is 13.2 Å². The number of hydrogen-bond acceptors (Lipinski definition) is 3. The average molecular weight is 235 g/mol. The van der Waals surface area contributed by atoms with Crippen LogP contribution in [0.4, 0.5) is 5.69 Å². The van der Waals surface area contributed by atoms with Gasteiger partial charge in [0.25, 0.3) is 15.5 Å². The maximum Gasteiger partial charge on any atom is 0.296 e. The minimum Gasteiger partial charge on any atom is -0.276 e. The van der Waals surface area contributed by atoms with Gasteiger partial charge in [-0.15, -0.1) is 0 Å². The number of anilines is 1. The van der Waals surface area contributed by atoms with Crippen LogP contribution in [0.25, 0.3) is 0 Å². The van der Waals surface area contributed by atoms with Crippen LogP contribution in [0.15, 0.2) is 24.3 Å². The second-order valence-electron chi connectivity index (χ2n) is 2.47. The third-order valence-corrected chi connectivity index (χ3v) is 2.10. The molecule has 0 fully saturated rings. The highest BCUT2D eigenvalue weighted by atomic mass is 35.5. The Hall–Kier alpha value is -1.11. The molecule has 0 radical (unpaired) electrons. The molecule has 0 spiro atoms. The zero-order valence-electron chi connectivity index (χ0n) is 6.90. The van der Waals surface area contributed by atoms with E-state index in [1.807, 2.05) is 4.72 Å². The average Bonchev–Trinajstić information content (AvgIpc) is 2.01. The van der Waals surface area contributed by atoms with Gasteiger partial charge in [0.15, 0.2) is 0 Å². The summed E-state index contributed by atoms with van der Waals surface area (Å²) in [6.07, 6.45) is 0. The molecule has 1 aromatic rings. The van der Waals surface area contributed by atoms with Crippen molar-refractivity contribution in [3.63, 3.8) is 0 Å². The lowest BCUT2D eigenvalue weighted by atomic mass is 10.2. The fourth-order valence-electron chi connectivity index (χ4n) is 0.897. The Morgan fingerprint density at radius 3 is 2.43 bits per heavy atom. The van der Waals surface area contributed by atoms with Gasteiger partial charge in [-0.3, -0.25) is 9.52 Å². The summed E-state index contributed by atoms with van der Waals surface area (Å²) < 4.78 is 23.4. The summed E-state index contributed by atoms with van der Waals surface area (Å²) in [6.45, 7) is 0. The van der Waals surface area contributed by atoms with Crippen LogP contribution in [-0.2, 0) is 10.2 Å². The van der Waals surface area contributed by atoms with Crippen molar-refractivity contribution in [1.82, 2.24) is 0 Å². The number of benzene rings is 1. The molecule has 0 saturated heterocycles. The Labute approximate surface area is 86.0 Å². The zero-order valence-corrected chi connectivity index (χ0v) is 8.47. The number of carbonyl (C=O) groups excluding carboxylic acids is 1. The smallest absolute Gasteiger partial charge is 0.276 e. The summed E-state index contributed by atoms with van der Waals surface area (Å²) >= 11 is 5.22. The van der Waals surface area contributed by atoms with Crippen molar-refractivity contribution in [3.8, 4) is 0 Å². The van der Waals surface area contributed by atoms with Gasteiger partial charge in [0.1, 0.15) is 0 Å². The minimum absolute atomic E-state index is 0.0585. The van der Waals surface area contributed by atoms with Gasteiger partial charge in [-0.1, -0.05) is 12.1 Å². The highest BCUT2D eigenvalue weighted by Gasteiger charge is 2.11. The van der Waals surface area contributed by atoms with Gasteiger partial charge in [-0.2, -0.15) is 8.42 Å². The maximum absolute atomic E-state index is 10.8. The van der Waals surface area contributed by atoms with Crippen molar-refractivity contribution < 1.29 is 13.2 Å². The normalized spacial score (nSPS) is 11.0. The highest BCUT2D eigenvalue weighted by molar-refractivity contribution is 7.90. The molecule has 0 heterocycles. The summed E-state index contributed by atoms with van der Waals surface area (Å²) in [5.74, 6) is 0. The van der Waals surface area contributed by atoms with Gasteiger partial charge in [0.2, 0.25) is 0 Å². The van der Waals surface area contributed by atoms with Crippen molar-refractivity contribution in [2.75, 3.05) is 4.72 Å². The van der Waals surface area contributed by atoms with Gasteiger partial charge in [0, 0.05) is 0 Å². The number of rotatable bonds is 3. The molecule has 0 aromatic heterocycles. The Balaban J connectivity index is 3.15. The molecular formula is C7H7ClN2O3S. The van der Waals surface area contributed by atoms with E-state index in [2.05, 4.69) is 0 Å². The van der Waals surface area contributed by atoms with Gasteiger partial charge < -0.3 is 0 Å². The van der Waals surface area contributed by atoms with Crippen LogP contribution in [0.1, 0.15) is 10.4 Å². The van der Waals surface area contributed by atoms with Crippen molar-refractivity contribution in [3.05, 3.63) is 29.8 Å². The lowest BCUT2D eigenvalue weighted by Gasteiger charge is -2.06. The lowest BCUT2D eigenvalue weighted by Crippen LogP contribution is -2.22. The predicted octanol–water partition coefficient (Wildman–Crippen LogP) is 0.681. The highest BCUT2D eigenvalue weighted by Crippen LogP contribution is 2.17. The van der Waals surface area contributed by atoms with Gasteiger partial charge in [-0.05, 0) is 23.7 Å². The molecule has 76 valence electrons. The molecule has 0 aliphatic carbocycles. The molecular weight excluding hydrogens is 228 g/mol. The Morgan fingerprint density at radius 1 is 1.36 bits per heavy atom. The molecule has 0 amide bonds. The molecule has 0 aliphatic heterocycles. The number of nitrogens with one attached hydrogen (secondary N) is 1. The second kappa shape index (κ2) is 3.95. The van der Waals surface area contributed by atoms with E-state index in [-0.39, 0.29) is 11.3 Å². The monoisotopic (exact) mass is 234 g/mol. The quantitative estimate of drug-likeness (QED) is 0.754. The zero-order chi connectivity index (χ0) is 10.8. The van der Waals surface area contributed by atoms with Crippen LogP contribution in [0.5, 0.6) is 0 Å². The first-order chi connectivity index (χ1) is 6.40. The minimum atomic E-state index is -3.89. The van der Waals surface area contributed by atoms with Crippen molar-refractivity contribution in [2.24, 2.45) is 5.14 Å². The van der Waals surface area contributed by atoms with Crippen LogP contribution in [0.3, 0.4) is 0 Å². The maximum atomic E-state index is 10.8. The molecule has 14 heavy (non-hydrogen) atoms. The number of halogens is 1. The number of hydrogen-bond donors (Lipinski definition) is 2. The molecule has 5 nitrogen and oxygen atoms in total. The summed E-state index contributed by atoms with van der Waals surface area (Å²) in [5, 5.41) is 3.99. The molecule has 0 atom stereocenters. The molecule has 0 aliphatic rings. The fraction of sp³-hybridized carbons (Fsp3) is 0. The van der Waals surface area contributed by atoms with E-state index >= 15 is 0 Å². The van der Waals surface area contributed by atoms with Crippen LogP contribution in [0.2, 0.25) is 0 Å². The SMILES string of the molecule is NS(=O)(=O)Nc1ccccc1C(=O)Cl. The lowest BCUT2D eigenvalue weighted by molar-refractivity contribution is 0.108. The van der Waals surface area contributed by atoms with E-state index in [1.165, 1.54) is 12.1 Å². The molecule has 0 unspecified atom stereocenters. The number of para-hydroxylation sites is 1. The van der Waals surface area contributed by atoms with E-state index in [1.54, 1.807) is 12.1 Å². The molecule has 3 N–H and O–H groups in total. The summed E-state index contributed by atoms with van der Waals surface area (Å²) in [6, 6.07) is 5.89. The van der Waals surface area contributed by atoms with Crippen molar-refractivity contribution in [1.29, 1.82) is 0 Å². The van der Waals surface area contributed by atoms with Gasteiger partial charge in [0.05, 0.1) is 11.3 Å². The summed E-state index contributed by atoms with van der Waals surface area (Å²) in [4.78, 5) is 10.8. The van der Waals surface area contributed by atoms with E-state index in [4.69, 9.17) is 16.7 Å². The molecule has 1 rings (SSSR count). The van der Waals surface area contributed by atoms with E-state index in [0.717, 1.165) is 0 Å². The Morgan fingerprint density at radius 2 is 1.93 bits per heavy atom. The first-order valence-corrected chi connectivity index (χ1v) is 5.42. The largest absolute Gasteiger partial charge is 0.296 e. The number of carbonyl (C=O) groups is 1. The topological polar surface area (TPSA) is 89.3 Å². The molecule has 1 aromatic carbocycles. The fourth-order valence-corrected chi connectivity index (χ4v) is 1.55. The van der Waals surface area contributed by atoms with Crippen molar-refractivity contribution >= 4 is 32.7 Å². The van der Waals surface area contributed by atoms with Crippen LogP contribution >= 0.6 is 11.6 Å². The van der Waals surface area contributed by atoms with Gasteiger partial charge >= 0.3 is 0 Å². The standard InChI is InChI=1S/C7H7ClN2O3S/c8-7(11)5-3-1-2-4-6(5)10-14(9,12)13/h1-4,10H,(H2,9,12,13). The van der Waals surface area contributed by atoms with E-state index in [0.29, 0.717) is 0 Å². The first-order valence-electron chi connectivity index (χ1n) is 3.49. The molecule has 0 bridgehead atoms. The third kappa shape index (κ3) is 2.99. The predicted molar refractivity (Wildman–Crippen MR) is 53.4 cm³/mol.